The molecule has 2 rings (SSSR count). The summed E-state index contributed by atoms with van der Waals surface area (Å²) in [7, 11) is 0. The van der Waals surface area contributed by atoms with Gasteiger partial charge >= 0.3 is 0 Å². The van der Waals surface area contributed by atoms with Crippen LogP contribution in [-0.2, 0) is 4.74 Å². The number of alkyl halides is 1. The largest absolute Gasteiger partial charge is 0.459 e. The average molecular weight is 258 g/mol. The van der Waals surface area contributed by atoms with Crippen molar-refractivity contribution in [1.82, 2.24) is 4.90 Å². The minimum atomic E-state index is -0.0363. The van der Waals surface area contributed by atoms with Crippen LogP contribution in [0.15, 0.2) is 22.8 Å². The number of likely N-dealkylation sites (tertiary alicyclic amines) is 1. The fourth-order valence-corrected chi connectivity index (χ4v) is 2.08. The minimum absolute atomic E-state index is 0.0363. The Kier molecular flexibility index (Phi) is 4.45. The first-order valence-corrected chi connectivity index (χ1v) is 6.35. The summed E-state index contributed by atoms with van der Waals surface area (Å²) in [6, 6.07) is 3.42. The predicted octanol–water partition coefficient (Wildman–Crippen LogP) is 2.14. The number of hydrogen-bond acceptors (Lipinski definition) is 3. The molecule has 0 aliphatic carbocycles. The van der Waals surface area contributed by atoms with E-state index in [1.165, 1.54) is 6.26 Å². The Balaban J connectivity index is 1.81. The zero-order valence-electron chi connectivity index (χ0n) is 9.60. The Morgan fingerprint density at radius 1 is 1.53 bits per heavy atom. The predicted molar refractivity (Wildman–Crippen MR) is 64.3 cm³/mol. The van der Waals surface area contributed by atoms with Gasteiger partial charge in [-0.15, -0.1) is 11.6 Å². The smallest absolute Gasteiger partial charge is 0.289 e. The number of rotatable bonds is 4. The van der Waals surface area contributed by atoms with Crippen LogP contribution < -0.4 is 0 Å². The van der Waals surface area contributed by atoms with Gasteiger partial charge in [-0.05, 0) is 25.0 Å². The van der Waals surface area contributed by atoms with Crippen LogP contribution >= 0.6 is 11.6 Å². The van der Waals surface area contributed by atoms with E-state index in [1.54, 1.807) is 17.0 Å². The molecule has 0 spiro atoms. The molecule has 1 saturated heterocycles. The summed E-state index contributed by atoms with van der Waals surface area (Å²) in [4.78, 5) is 13.8. The Morgan fingerprint density at radius 2 is 2.29 bits per heavy atom. The molecule has 0 radical (unpaired) electrons. The van der Waals surface area contributed by atoms with Crippen molar-refractivity contribution in [1.29, 1.82) is 0 Å². The summed E-state index contributed by atoms with van der Waals surface area (Å²) < 4.78 is 10.7. The molecule has 0 N–H and O–H groups in total. The van der Waals surface area contributed by atoms with E-state index in [1.807, 2.05) is 0 Å². The Labute approximate surface area is 105 Å². The van der Waals surface area contributed by atoms with Crippen LogP contribution in [0.5, 0.6) is 0 Å². The minimum Gasteiger partial charge on any atom is -0.459 e. The molecule has 0 bridgehead atoms. The zero-order valence-corrected chi connectivity index (χ0v) is 10.4. The van der Waals surface area contributed by atoms with Gasteiger partial charge in [0.2, 0.25) is 0 Å². The van der Waals surface area contributed by atoms with Crippen LogP contribution in [0.2, 0.25) is 0 Å². The van der Waals surface area contributed by atoms with Gasteiger partial charge < -0.3 is 14.1 Å². The Hall–Kier alpha value is -1.00. The SMILES string of the molecule is O=C(c1ccco1)N1CCC(OCCCl)CC1. The monoisotopic (exact) mass is 257 g/mol. The second-order valence-electron chi connectivity index (χ2n) is 4.03. The van der Waals surface area contributed by atoms with E-state index >= 15 is 0 Å². The van der Waals surface area contributed by atoms with Crippen LogP contribution in [-0.4, -0.2) is 42.5 Å². The molecular weight excluding hydrogens is 242 g/mol. The van der Waals surface area contributed by atoms with Gasteiger partial charge in [0.1, 0.15) is 0 Å². The third-order valence-corrected chi connectivity index (χ3v) is 3.05. The molecule has 4 nitrogen and oxygen atoms in total. The van der Waals surface area contributed by atoms with Gasteiger partial charge in [0, 0.05) is 19.0 Å². The summed E-state index contributed by atoms with van der Waals surface area (Å²) in [5, 5.41) is 0. The van der Waals surface area contributed by atoms with Crippen molar-refractivity contribution in [3.05, 3.63) is 24.2 Å². The third-order valence-electron chi connectivity index (χ3n) is 2.89. The standard InChI is InChI=1S/C12H16ClNO3/c13-5-9-16-10-3-6-14(7-4-10)12(15)11-2-1-8-17-11/h1-2,8,10H,3-7,9H2. The van der Waals surface area contributed by atoms with Crippen molar-refractivity contribution < 1.29 is 13.9 Å². The van der Waals surface area contributed by atoms with E-state index in [2.05, 4.69) is 0 Å². The summed E-state index contributed by atoms with van der Waals surface area (Å²) in [6.45, 7) is 2.01. The summed E-state index contributed by atoms with van der Waals surface area (Å²) in [5.41, 5.74) is 0. The number of piperidine rings is 1. The molecule has 17 heavy (non-hydrogen) atoms. The lowest BCUT2D eigenvalue weighted by molar-refractivity contribution is 0.0144. The molecule has 94 valence electrons. The number of halogens is 1. The highest BCUT2D eigenvalue weighted by Crippen LogP contribution is 2.16. The first kappa shape index (κ1) is 12.5. The van der Waals surface area contributed by atoms with Crippen LogP contribution in [0, 0.1) is 0 Å². The van der Waals surface area contributed by atoms with Gasteiger partial charge in [-0.25, -0.2) is 0 Å². The molecule has 1 aliphatic heterocycles. The van der Waals surface area contributed by atoms with Gasteiger partial charge in [-0.3, -0.25) is 4.79 Å². The van der Waals surface area contributed by atoms with Crippen LogP contribution in [0.1, 0.15) is 23.4 Å². The van der Waals surface area contributed by atoms with Crippen LogP contribution in [0.25, 0.3) is 0 Å². The highest BCUT2D eigenvalue weighted by atomic mass is 35.5. The molecule has 1 fully saturated rings. The fraction of sp³-hybridized carbons (Fsp3) is 0.583. The van der Waals surface area contributed by atoms with E-state index in [0.29, 0.717) is 31.3 Å². The van der Waals surface area contributed by atoms with E-state index in [-0.39, 0.29) is 12.0 Å². The second-order valence-corrected chi connectivity index (χ2v) is 4.41. The molecule has 0 atom stereocenters. The molecule has 1 aromatic heterocycles. The number of carbonyl (C=O) groups excluding carboxylic acids is 1. The summed E-state index contributed by atoms with van der Waals surface area (Å²) >= 11 is 5.57. The maximum atomic E-state index is 12.0. The van der Waals surface area contributed by atoms with Crippen molar-refractivity contribution in [3.8, 4) is 0 Å². The van der Waals surface area contributed by atoms with Gasteiger partial charge in [-0.2, -0.15) is 0 Å². The molecule has 1 amide bonds. The number of hydrogen-bond donors (Lipinski definition) is 0. The first-order chi connectivity index (χ1) is 8.31. The number of ether oxygens (including phenoxy) is 1. The highest BCUT2D eigenvalue weighted by Gasteiger charge is 2.25. The van der Waals surface area contributed by atoms with Crippen molar-refractivity contribution in [2.24, 2.45) is 0 Å². The number of amides is 1. The summed E-state index contributed by atoms with van der Waals surface area (Å²) in [5.74, 6) is 0.891. The van der Waals surface area contributed by atoms with Gasteiger partial charge in [0.25, 0.3) is 5.91 Å². The molecule has 0 aromatic carbocycles. The molecule has 5 heteroatoms. The molecule has 0 saturated carbocycles. The number of carbonyl (C=O) groups is 1. The summed E-state index contributed by atoms with van der Waals surface area (Å²) in [6.07, 6.45) is 3.48. The molecular formula is C12H16ClNO3. The normalized spacial score (nSPS) is 17.4. The van der Waals surface area contributed by atoms with E-state index < -0.39 is 0 Å². The van der Waals surface area contributed by atoms with Gasteiger partial charge in [0.15, 0.2) is 5.76 Å². The Morgan fingerprint density at radius 3 is 2.88 bits per heavy atom. The lowest BCUT2D eigenvalue weighted by atomic mass is 10.1. The topological polar surface area (TPSA) is 42.7 Å². The van der Waals surface area contributed by atoms with E-state index in [4.69, 9.17) is 20.8 Å². The molecule has 2 heterocycles. The molecule has 1 aromatic rings. The van der Waals surface area contributed by atoms with Gasteiger partial charge in [0.05, 0.1) is 19.0 Å². The first-order valence-electron chi connectivity index (χ1n) is 5.81. The van der Waals surface area contributed by atoms with Crippen molar-refractivity contribution >= 4 is 17.5 Å². The van der Waals surface area contributed by atoms with Crippen molar-refractivity contribution in [2.45, 2.75) is 18.9 Å². The lowest BCUT2D eigenvalue weighted by Gasteiger charge is -2.31. The molecule has 0 unspecified atom stereocenters. The number of nitrogens with zero attached hydrogens (tertiary/aromatic N) is 1. The maximum Gasteiger partial charge on any atom is 0.289 e. The van der Waals surface area contributed by atoms with E-state index in [0.717, 1.165) is 12.8 Å². The van der Waals surface area contributed by atoms with Crippen molar-refractivity contribution in [3.63, 3.8) is 0 Å². The lowest BCUT2D eigenvalue weighted by Crippen LogP contribution is -2.40. The molecule has 1 aliphatic rings. The van der Waals surface area contributed by atoms with E-state index in [9.17, 15) is 4.79 Å². The van der Waals surface area contributed by atoms with Crippen LogP contribution in [0.4, 0.5) is 0 Å². The Bertz CT molecular complexity index is 345. The third kappa shape index (κ3) is 3.23. The van der Waals surface area contributed by atoms with Crippen LogP contribution in [0.3, 0.4) is 0 Å². The average Bonchev–Trinajstić information content (AvgIpc) is 2.90. The maximum absolute atomic E-state index is 12.0. The van der Waals surface area contributed by atoms with Crippen molar-refractivity contribution in [2.75, 3.05) is 25.6 Å². The van der Waals surface area contributed by atoms with Gasteiger partial charge in [-0.1, -0.05) is 0 Å². The zero-order chi connectivity index (χ0) is 12.1. The highest BCUT2D eigenvalue weighted by molar-refractivity contribution is 6.17. The second kappa shape index (κ2) is 6.07. The quantitative estimate of drug-likeness (QED) is 0.776. The fourth-order valence-electron chi connectivity index (χ4n) is 1.99. The number of furan rings is 1.